The molecule has 0 aromatic heterocycles. The first-order chi connectivity index (χ1) is 15.9. The number of nitrogens with zero attached hydrogens (tertiary/aromatic N) is 2. The number of anilines is 2. The van der Waals surface area contributed by atoms with Crippen molar-refractivity contribution in [2.75, 3.05) is 43.5 Å². The fourth-order valence-corrected chi connectivity index (χ4v) is 4.08. The van der Waals surface area contributed by atoms with E-state index in [-0.39, 0.29) is 11.8 Å². The van der Waals surface area contributed by atoms with Gasteiger partial charge in [0, 0.05) is 48.1 Å². The Morgan fingerprint density at radius 2 is 1.55 bits per heavy atom. The Morgan fingerprint density at radius 3 is 2.18 bits per heavy atom. The van der Waals surface area contributed by atoms with Crippen molar-refractivity contribution >= 4 is 46.4 Å². The van der Waals surface area contributed by atoms with E-state index in [4.69, 9.17) is 27.9 Å². The summed E-state index contributed by atoms with van der Waals surface area (Å²) < 4.78 is 5.15. The first kappa shape index (κ1) is 23.0. The summed E-state index contributed by atoms with van der Waals surface area (Å²) in [7, 11) is 1.60. The minimum atomic E-state index is -0.319. The highest BCUT2D eigenvalue weighted by molar-refractivity contribution is 6.36. The van der Waals surface area contributed by atoms with Crippen LogP contribution in [0.25, 0.3) is 0 Å². The maximum atomic E-state index is 12.8. The summed E-state index contributed by atoms with van der Waals surface area (Å²) in [5, 5.41) is 3.63. The zero-order valence-corrected chi connectivity index (χ0v) is 19.6. The largest absolute Gasteiger partial charge is 0.497 e. The van der Waals surface area contributed by atoms with Gasteiger partial charge in [0.05, 0.1) is 17.7 Å². The number of methoxy groups -OCH3 is 1. The van der Waals surface area contributed by atoms with Crippen molar-refractivity contribution in [2.45, 2.75) is 0 Å². The molecule has 0 unspecified atom stereocenters. The fourth-order valence-electron chi connectivity index (χ4n) is 3.71. The summed E-state index contributed by atoms with van der Waals surface area (Å²) in [4.78, 5) is 29.4. The van der Waals surface area contributed by atoms with Crippen molar-refractivity contribution in [1.82, 2.24) is 4.90 Å². The van der Waals surface area contributed by atoms with Gasteiger partial charge in [0.15, 0.2) is 0 Å². The molecule has 0 atom stereocenters. The minimum Gasteiger partial charge on any atom is -0.497 e. The average molecular weight is 484 g/mol. The second-order valence-electron chi connectivity index (χ2n) is 7.63. The number of ether oxygens (including phenoxy) is 1. The number of piperazine rings is 1. The molecule has 1 N–H and O–H groups in total. The molecule has 6 nitrogen and oxygen atoms in total. The molecule has 3 aromatic rings. The quantitative estimate of drug-likeness (QED) is 0.540. The van der Waals surface area contributed by atoms with Gasteiger partial charge in [-0.15, -0.1) is 0 Å². The maximum absolute atomic E-state index is 12.8. The molecule has 1 saturated heterocycles. The lowest BCUT2D eigenvalue weighted by molar-refractivity contribution is 0.0746. The van der Waals surface area contributed by atoms with Gasteiger partial charge >= 0.3 is 0 Å². The lowest BCUT2D eigenvalue weighted by Gasteiger charge is -2.36. The number of benzene rings is 3. The predicted octanol–water partition coefficient (Wildman–Crippen LogP) is 5.22. The molecular weight excluding hydrogens is 461 g/mol. The van der Waals surface area contributed by atoms with E-state index < -0.39 is 0 Å². The van der Waals surface area contributed by atoms with E-state index >= 15 is 0 Å². The lowest BCUT2D eigenvalue weighted by Crippen LogP contribution is -2.48. The minimum absolute atomic E-state index is 0.0232. The number of rotatable bonds is 5. The molecule has 4 rings (SSSR count). The first-order valence-electron chi connectivity index (χ1n) is 10.5. The van der Waals surface area contributed by atoms with Crippen molar-refractivity contribution in [3.63, 3.8) is 0 Å². The van der Waals surface area contributed by atoms with Crippen LogP contribution in [0.1, 0.15) is 20.7 Å². The standard InChI is InChI=1S/C25H23Cl2N3O3/c1-33-21-9-2-17(3-10-21)25(32)30-14-12-29(13-15-30)20-7-5-19(6-8-20)28-24(31)22-16-18(26)4-11-23(22)27/h2-11,16H,12-15H2,1H3,(H,28,31). The van der Waals surface area contributed by atoms with Crippen LogP contribution in [0, 0.1) is 0 Å². The van der Waals surface area contributed by atoms with Crippen LogP contribution in [0.4, 0.5) is 11.4 Å². The Balaban J connectivity index is 1.34. The van der Waals surface area contributed by atoms with Gasteiger partial charge in [0.2, 0.25) is 0 Å². The summed E-state index contributed by atoms with van der Waals surface area (Å²) in [5.41, 5.74) is 2.67. The second kappa shape index (κ2) is 10.1. The van der Waals surface area contributed by atoms with Gasteiger partial charge in [-0.3, -0.25) is 9.59 Å². The maximum Gasteiger partial charge on any atom is 0.257 e. The normalized spacial score (nSPS) is 13.5. The summed E-state index contributed by atoms with van der Waals surface area (Å²) in [5.74, 6) is 0.433. The molecule has 1 aliphatic heterocycles. The van der Waals surface area contributed by atoms with Crippen LogP contribution in [0.3, 0.4) is 0 Å². The smallest absolute Gasteiger partial charge is 0.257 e. The molecule has 0 radical (unpaired) electrons. The third-order valence-electron chi connectivity index (χ3n) is 5.57. The number of amides is 2. The number of carbonyl (C=O) groups is 2. The number of nitrogens with one attached hydrogen (secondary N) is 1. The second-order valence-corrected chi connectivity index (χ2v) is 8.48. The number of halogens is 2. The average Bonchev–Trinajstić information content (AvgIpc) is 2.85. The molecule has 0 spiro atoms. The summed E-state index contributed by atoms with van der Waals surface area (Å²) in [6.45, 7) is 2.73. The highest BCUT2D eigenvalue weighted by Crippen LogP contribution is 2.24. The zero-order valence-electron chi connectivity index (χ0n) is 18.1. The third kappa shape index (κ3) is 5.41. The van der Waals surface area contributed by atoms with Gasteiger partial charge in [-0.2, -0.15) is 0 Å². The van der Waals surface area contributed by atoms with Crippen molar-refractivity contribution in [3.05, 3.63) is 87.9 Å². The third-order valence-corrected chi connectivity index (χ3v) is 6.13. The van der Waals surface area contributed by atoms with Crippen LogP contribution in [0.2, 0.25) is 10.0 Å². The highest BCUT2D eigenvalue weighted by Gasteiger charge is 2.22. The van der Waals surface area contributed by atoms with E-state index in [2.05, 4.69) is 10.2 Å². The van der Waals surface area contributed by atoms with Gasteiger partial charge in [-0.1, -0.05) is 23.2 Å². The molecule has 0 saturated carbocycles. The molecule has 0 bridgehead atoms. The number of carbonyl (C=O) groups excluding carboxylic acids is 2. The summed E-state index contributed by atoms with van der Waals surface area (Å²) >= 11 is 12.1. The van der Waals surface area contributed by atoms with E-state index in [1.54, 1.807) is 49.6 Å². The van der Waals surface area contributed by atoms with Crippen LogP contribution < -0.4 is 15.0 Å². The van der Waals surface area contributed by atoms with Gasteiger partial charge in [0.25, 0.3) is 11.8 Å². The molecule has 8 heteroatoms. The van der Waals surface area contributed by atoms with E-state index in [1.165, 1.54) is 0 Å². The van der Waals surface area contributed by atoms with Gasteiger partial charge < -0.3 is 19.9 Å². The monoisotopic (exact) mass is 483 g/mol. The molecule has 0 aliphatic carbocycles. The number of hydrogen-bond donors (Lipinski definition) is 1. The SMILES string of the molecule is COc1ccc(C(=O)N2CCN(c3ccc(NC(=O)c4cc(Cl)ccc4Cl)cc3)CC2)cc1. The van der Waals surface area contributed by atoms with Crippen LogP contribution >= 0.6 is 23.2 Å². The van der Waals surface area contributed by atoms with Crippen LogP contribution in [0.5, 0.6) is 5.75 Å². The van der Waals surface area contributed by atoms with Crippen molar-refractivity contribution in [1.29, 1.82) is 0 Å². The van der Waals surface area contributed by atoms with E-state index in [0.29, 0.717) is 39.9 Å². The Labute approximate surface area is 202 Å². The summed E-state index contributed by atoms with van der Waals surface area (Å²) in [6, 6.07) is 19.6. The van der Waals surface area contributed by atoms with Gasteiger partial charge in [-0.25, -0.2) is 0 Å². The van der Waals surface area contributed by atoms with Crippen molar-refractivity contribution in [3.8, 4) is 5.75 Å². The number of hydrogen-bond acceptors (Lipinski definition) is 4. The van der Waals surface area contributed by atoms with E-state index in [0.717, 1.165) is 24.5 Å². The van der Waals surface area contributed by atoms with Crippen molar-refractivity contribution < 1.29 is 14.3 Å². The van der Waals surface area contributed by atoms with E-state index in [1.807, 2.05) is 29.2 Å². The molecule has 170 valence electrons. The van der Waals surface area contributed by atoms with Gasteiger partial charge in [0.1, 0.15) is 5.75 Å². The molecular formula is C25H23Cl2N3O3. The Morgan fingerprint density at radius 1 is 0.879 bits per heavy atom. The fraction of sp³-hybridized carbons (Fsp3) is 0.200. The molecule has 3 aromatic carbocycles. The topological polar surface area (TPSA) is 61.9 Å². The molecule has 33 heavy (non-hydrogen) atoms. The zero-order chi connectivity index (χ0) is 23.4. The molecule has 1 aliphatic rings. The highest BCUT2D eigenvalue weighted by atomic mass is 35.5. The van der Waals surface area contributed by atoms with Crippen LogP contribution in [-0.2, 0) is 0 Å². The van der Waals surface area contributed by atoms with Crippen molar-refractivity contribution in [2.24, 2.45) is 0 Å². The molecule has 2 amide bonds. The summed E-state index contributed by atoms with van der Waals surface area (Å²) in [6.07, 6.45) is 0. The predicted molar refractivity (Wildman–Crippen MR) is 132 cm³/mol. The Kier molecular flexibility index (Phi) is 7.06. The van der Waals surface area contributed by atoms with Crippen LogP contribution in [0.15, 0.2) is 66.7 Å². The first-order valence-corrected chi connectivity index (χ1v) is 11.2. The lowest BCUT2D eigenvalue weighted by atomic mass is 10.1. The molecule has 1 fully saturated rings. The van der Waals surface area contributed by atoms with Gasteiger partial charge in [-0.05, 0) is 66.7 Å². The Hall–Kier alpha value is -3.22. The Bertz CT molecular complexity index is 1140. The van der Waals surface area contributed by atoms with E-state index in [9.17, 15) is 9.59 Å². The molecule has 1 heterocycles. The van der Waals surface area contributed by atoms with Crippen LogP contribution in [-0.4, -0.2) is 50.0 Å².